The van der Waals surface area contributed by atoms with E-state index in [0.717, 1.165) is 23.3 Å². The van der Waals surface area contributed by atoms with Gasteiger partial charge in [-0.3, -0.25) is 9.59 Å². The van der Waals surface area contributed by atoms with Gasteiger partial charge in [0.1, 0.15) is 11.8 Å². The third kappa shape index (κ3) is 6.93. The largest absolute Gasteiger partial charge is 0.497 e. The zero-order chi connectivity index (χ0) is 21.2. The van der Waals surface area contributed by atoms with Gasteiger partial charge in [0.25, 0.3) is 0 Å². The third-order valence-electron chi connectivity index (χ3n) is 5.13. The van der Waals surface area contributed by atoms with Gasteiger partial charge in [0.2, 0.25) is 11.8 Å². The Kier molecular flexibility index (Phi) is 8.71. The molecule has 0 saturated heterocycles. The summed E-state index contributed by atoms with van der Waals surface area (Å²) in [6.45, 7) is 6.14. The second kappa shape index (κ2) is 11.2. The molecular formula is C24H32N2O3. The fraction of sp³-hybridized carbons (Fsp3) is 0.417. The third-order valence-corrected chi connectivity index (χ3v) is 5.13. The van der Waals surface area contributed by atoms with Crippen molar-refractivity contribution in [2.45, 2.75) is 58.7 Å². The maximum atomic E-state index is 13.1. The molecule has 1 N–H and O–H groups in total. The molecule has 0 aliphatic heterocycles. The highest BCUT2D eigenvalue weighted by molar-refractivity contribution is 5.87. The maximum Gasteiger partial charge on any atom is 0.242 e. The molecule has 156 valence electrons. The number of rotatable bonds is 10. The number of methoxy groups -OCH3 is 1. The van der Waals surface area contributed by atoms with E-state index in [2.05, 4.69) is 5.32 Å². The number of nitrogens with zero attached hydrogens (tertiary/aromatic N) is 1. The van der Waals surface area contributed by atoms with Gasteiger partial charge in [-0.15, -0.1) is 0 Å². The first-order chi connectivity index (χ1) is 13.9. The molecule has 2 rings (SSSR count). The second-order valence-electron chi connectivity index (χ2n) is 7.35. The highest BCUT2D eigenvalue weighted by atomic mass is 16.5. The maximum absolute atomic E-state index is 13.1. The molecule has 2 aromatic carbocycles. The molecule has 0 spiro atoms. The van der Waals surface area contributed by atoms with Crippen molar-refractivity contribution < 1.29 is 14.3 Å². The summed E-state index contributed by atoms with van der Waals surface area (Å²) in [4.78, 5) is 27.5. The predicted octanol–water partition coefficient (Wildman–Crippen LogP) is 3.96. The number of ether oxygens (including phenoxy) is 1. The fourth-order valence-electron chi connectivity index (χ4n) is 3.06. The normalized spacial score (nSPS) is 12.7. The number of hydrogen-bond acceptors (Lipinski definition) is 3. The van der Waals surface area contributed by atoms with E-state index in [9.17, 15) is 9.59 Å². The summed E-state index contributed by atoms with van der Waals surface area (Å²) in [6, 6.07) is 17.0. The van der Waals surface area contributed by atoms with Gasteiger partial charge in [0.05, 0.1) is 7.11 Å². The summed E-state index contributed by atoms with van der Waals surface area (Å²) in [5.74, 6) is 0.565. The van der Waals surface area contributed by atoms with E-state index >= 15 is 0 Å². The van der Waals surface area contributed by atoms with Crippen LogP contribution in [0.4, 0.5) is 0 Å². The fourth-order valence-corrected chi connectivity index (χ4v) is 3.06. The van der Waals surface area contributed by atoms with Crippen molar-refractivity contribution in [3.8, 4) is 5.75 Å². The topological polar surface area (TPSA) is 58.6 Å². The molecule has 0 aliphatic rings. The summed E-state index contributed by atoms with van der Waals surface area (Å²) in [5.41, 5.74) is 2.04. The van der Waals surface area contributed by atoms with Crippen LogP contribution in [0.1, 0.15) is 44.7 Å². The highest BCUT2D eigenvalue weighted by Crippen LogP contribution is 2.17. The Bertz CT molecular complexity index is 792. The number of amides is 2. The Morgan fingerprint density at radius 3 is 2.38 bits per heavy atom. The molecule has 0 fully saturated rings. The summed E-state index contributed by atoms with van der Waals surface area (Å²) in [7, 11) is 1.62. The van der Waals surface area contributed by atoms with Gasteiger partial charge < -0.3 is 15.0 Å². The zero-order valence-electron chi connectivity index (χ0n) is 17.9. The van der Waals surface area contributed by atoms with Gasteiger partial charge in [-0.25, -0.2) is 0 Å². The first-order valence-corrected chi connectivity index (χ1v) is 10.2. The van der Waals surface area contributed by atoms with Crippen molar-refractivity contribution in [2.24, 2.45) is 0 Å². The number of hydrogen-bond donors (Lipinski definition) is 1. The van der Waals surface area contributed by atoms with E-state index in [4.69, 9.17) is 4.74 Å². The standard InChI is InChI=1S/C24H32N2O3/c1-5-18(2)25-24(28)19(3)26(17-21-12-9-13-22(16-21)29-4)23(27)15-14-20-10-7-6-8-11-20/h6-13,16,18-19H,5,14-15,17H2,1-4H3,(H,25,28)/t18-,19+/m0/s1. The molecular weight excluding hydrogens is 364 g/mol. The zero-order valence-corrected chi connectivity index (χ0v) is 17.9. The van der Waals surface area contributed by atoms with Crippen LogP contribution in [-0.2, 0) is 22.6 Å². The van der Waals surface area contributed by atoms with Crippen molar-refractivity contribution >= 4 is 11.8 Å². The van der Waals surface area contributed by atoms with Crippen LogP contribution in [0.25, 0.3) is 0 Å². The molecule has 0 aliphatic carbocycles. The Balaban J connectivity index is 2.16. The van der Waals surface area contributed by atoms with Crippen molar-refractivity contribution in [1.82, 2.24) is 10.2 Å². The van der Waals surface area contributed by atoms with E-state index in [1.165, 1.54) is 0 Å². The molecule has 5 nitrogen and oxygen atoms in total. The van der Waals surface area contributed by atoms with E-state index in [0.29, 0.717) is 19.4 Å². The minimum Gasteiger partial charge on any atom is -0.497 e. The lowest BCUT2D eigenvalue weighted by Crippen LogP contribution is -2.49. The van der Waals surface area contributed by atoms with Crippen LogP contribution in [0.5, 0.6) is 5.75 Å². The van der Waals surface area contributed by atoms with Gasteiger partial charge >= 0.3 is 0 Å². The van der Waals surface area contributed by atoms with E-state index in [1.54, 1.807) is 18.9 Å². The summed E-state index contributed by atoms with van der Waals surface area (Å²) in [5, 5.41) is 2.99. The van der Waals surface area contributed by atoms with Gasteiger partial charge in [0, 0.05) is 19.0 Å². The summed E-state index contributed by atoms with van der Waals surface area (Å²) >= 11 is 0. The molecule has 0 radical (unpaired) electrons. The van der Waals surface area contributed by atoms with Crippen molar-refractivity contribution in [3.63, 3.8) is 0 Å². The smallest absolute Gasteiger partial charge is 0.242 e. The molecule has 0 unspecified atom stereocenters. The van der Waals surface area contributed by atoms with Gasteiger partial charge in [0.15, 0.2) is 0 Å². The van der Waals surface area contributed by atoms with Crippen LogP contribution in [-0.4, -0.2) is 35.9 Å². The Morgan fingerprint density at radius 1 is 1.03 bits per heavy atom. The van der Waals surface area contributed by atoms with Crippen LogP contribution in [0, 0.1) is 0 Å². The van der Waals surface area contributed by atoms with Crippen LogP contribution in [0.3, 0.4) is 0 Å². The Hall–Kier alpha value is -2.82. The Morgan fingerprint density at radius 2 is 1.72 bits per heavy atom. The molecule has 0 bridgehead atoms. The monoisotopic (exact) mass is 396 g/mol. The van der Waals surface area contributed by atoms with Gasteiger partial charge in [-0.05, 0) is 49.9 Å². The minimum atomic E-state index is -0.557. The molecule has 0 heterocycles. The Labute approximate surface area is 174 Å². The first kappa shape index (κ1) is 22.5. The van der Waals surface area contributed by atoms with E-state index in [-0.39, 0.29) is 17.9 Å². The second-order valence-corrected chi connectivity index (χ2v) is 7.35. The highest BCUT2D eigenvalue weighted by Gasteiger charge is 2.26. The average molecular weight is 397 g/mol. The number of nitrogens with one attached hydrogen (secondary N) is 1. The predicted molar refractivity (Wildman–Crippen MR) is 116 cm³/mol. The summed E-state index contributed by atoms with van der Waals surface area (Å²) in [6.07, 6.45) is 1.85. The minimum absolute atomic E-state index is 0.0384. The lowest BCUT2D eigenvalue weighted by Gasteiger charge is -2.30. The van der Waals surface area contributed by atoms with E-state index in [1.807, 2.05) is 68.4 Å². The molecule has 0 saturated carbocycles. The van der Waals surface area contributed by atoms with Crippen molar-refractivity contribution in [3.05, 3.63) is 65.7 Å². The molecule has 29 heavy (non-hydrogen) atoms. The number of carbonyl (C=O) groups excluding carboxylic acids is 2. The van der Waals surface area contributed by atoms with Crippen LogP contribution >= 0.6 is 0 Å². The molecule has 5 heteroatoms. The molecule has 2 atom stereocenters. The van der Waals surface area contributed by atoms with E-state index < -0.39 is 6.04 Å². The first-order valence-electron chi connectivity index (χ1n) is 10.2. The lowest BCUT2D eigenvalue weighted by atomic mass is 10.1. The molecule has 0 aromatic heterocycles. The van der Waals surface area contributed by atoms with Crippen LogP contribution in [0.15, 0.2) is 54.6 Å². The van der Waals surface area contributed by atoms with Crippen LogP contribution < -0.4 is 10.1 Å². The van der Waals surface area contributed by atoms with Crippen molar-refractivity contribution in [2.75, 3.05) is 7.11 Å². The lowest BCUT2D eigenvalue weighted by molar-refractivity contribution is -0.140. The quantitative estimate of drug-likeness (QED) is 0.661. The molecule has 2 amide bonds. The van der Waals surface area contributed by atoms with Gasteiger partial charge in [-0.2, -0.15) is 0 Å². The number of aryl methyl sites for hydroxylation is 1. The SMILES string of the molecule is CC[C@H](C)NC(=O)[C@@H](C)N(Cc1cccc(OC)c1)C(=O)CCc1ccccc1. The van der Waals surface area contributed by atoms with Gasteiger partial charge in [-0.1, -0.05) is 49.4 Å². The average Bonchev–Trinajstić information content (AvgIpc) is 2.76. The van der Waals surface area contributed by atoms with Crippen LogP contribution in [0.2, 0.25) is 0 Å². The molecule has 2 aromatic rings. The summed E-state index contributed by atoms with van der Waals surface area (Å²) < 4.78 is 5.29. The number of benzene rings is 2. The number of carbonyl (C=O) groups is 2. The van der Waals surface area contributed by atoms with Crippen molar-refractivity contribution in [1.29, 1.82) is 0 Å².